The number of aromatic nitrogens is 2. The number of hydrogen-bond acceptors (Lipinski definition) is 5. The van der Waals surface area contributed by atoms with Crippen LogP contribution in [-0.2, 0) is 5.41 Å². The molecule has 0 aliphatic heterocycles. The third kappa shape index (κ3) is 3.63. The number of phenols is 2. The predicted octanol–water partition coefficient (Wildman–Crippen LogP) is 1.88. The van der Waals surface area contributed by atoms with Gasteiger partial charge in [0.15, 0.2) is 5.69 Å². The third-order valence-electron chi connectivity index (χ3n) is 3.00. The molecule has 116 valence electrons. The normalized spacial score (nSPS) is 11.8. The van der Waals surface area contributed by atoms with Gasteiger partial charge in [-0.1, -0.05) is 20.8 Å². The molecule has 2 aromatic rings. The molecule has 0 aliphatic carbocycles. The van der Waals surface area contributed by atoms with Gasteiger partial charge in [-0.05, 0) is 18.2 Å². The summed E-state index contributed by atoms with van der Waals surface area (Å²) in [4.78, 5) is 11.9. The lowest BCUT2D eigenvalue weighted by Gasteiger charge is -2.14. The number of carbonyl (C=O) groups excluding carboxylic acids is 1. The summed E-state index contributed by atoms with van der Waals surface area (Å²) < 4.78 is 0. The zero-order chi connectivity index (χ0) is 16.3. The molecule has 1 heterocycles. The van der Waals surface area contributed by atoms with Crippen molar-refractivity contribution in [3.8, 4) is 11.5 Å². The van der Waals surface area contributed by atoms with Crippen molar-refractivity contribution >= 4 is 12.1 Å². The summed E-state index contributed by atoms with van der Waals surface area (Å²) >= 11 is 0. The topological polar surface area (TPSA) is 111 Å². The zero-order valence-electron chi connectivity index (χ0n) is 12.6. The molecule has 1 aromatic carbocycles. The number of aromatic hydroxyl groups is 2. The van der Waals surface area contributed by atoms with E-state index in [4.69, 9.17) is 0 Å². The van der Waals surface area contributed by atoms with Crippen LogP contribution in [0.1, 0.15) is 42.5 Å². The van der Waals surface area contributed by atoms with Crippen molar-refractivity contribution < 1.29 is 15.0 Å². The minimum Gasteiger partial charge on any atom is -0.508 e. The maximum absolute atomic E-state index is 11.9. The van der Waals surface area contributed by atoms with Gasteiger partial charge in [-0.3, -0.25) is 9.89 Å². The number of aromatic amines is 1. The number of nitrogens with zero attached hydrogens (tertiary/aromatic N) is 2. The van der Waals surface area contributed by atoms with Crippen molar-refractivity contribution in [3.63, 3.8) is 0 Å². The number of hydrazone groups is 1. The van der Waals surface area contributed by atoms with E-state index in [9.17, 15) is 15.0 Å². The van der Waals surface area contributed by atoms with E-state index < -0.39 is 5.91 Å². The molecule has 7 heteroatoms. The Kier molecular flexibility index (Phi) is 4.16. The SMILES string of the molecule is CC(C)(C)c1cc(C(=O)NN=Cc2ccc(O)cc2O)n[nH]1. The number of carbonyl (C=O) groups is 1. The second-order valence-corrected chi connectivity index (χ2v) is 5.86. The van der Waals surface area contributed by atoms with E-state index in [1.54, 1.807) is 6.07 Å². The van der Waals surface area contributed by atoms with Crippen LogP contribution in [0.2, 0.25) is 0 Å². The molecule has 0 saturated heterocycles. The second-order valence-electron chi connectivity index (χ2n) is 5.86. The van der Waals surface area contributed by atoms with Crippen LogP contribution in [0.3, 0.4) is 0 Å². The van der Waals surface area contributed by atoms with E-state index in [1.807, 2.05) is 20.8 Å². The molecule has 0 atom stereocenters. The molecule has 0 saturated carbocycles. The summed E-state index contributed by atoms with van der Waals surface area (Å²) in [6.45, 7) is 6.02. The lowest BCUT2D eigenvalue weighted by Crippen LogP contribution is -2.18. The molecule has 0 bridgehead atoms. The molecule has 7 nitrogen and oxygen atoms in total. The number of H-pyrrole nitrogens is 1. The molecular formula is C15H18N4O3. The van der Waals surface area contributed by atoms with Gasteiger partial charge in [0.2, 0.25) is 0 Å². The molecule has 0 fully saturated rings. The van der Waals surface area contributed by atoms with Crippen molar-refractivity contribution in [1.29, 1.82) is 0 Å². The first-order valence-corrected chi connectivity index (χ1v) is 6.68. The summed E-state index contributed by atoms with van der Waals surface area (Å²) in [5, 5.41) is 29.3. The lowest BCUT2D eigenvalue weighted by atomic mass is 9.92. The number of phenolic OH excluding ortho intramolecular Hbond substituents is 2. The summed E-state index contributed by atoms with van der Waals surface area (Å²) in [7, 11) is 0. The summed E-state index contributed by atoms with van der Waals surface area (Å²) in [6, 6.07) is 5.74. The van der Waals surface area contributed by atoms with Gasteiger partial charge >= 0.3 is 0 Å². The second kappa shape index (κ2) is 5.88. The van der Waals surface area contributed by atoms with Gasteiger partial charge in [-0.15, -0.1) is 0 Å². The summed E-state index contributed by atoms with van der Waals surface area (Å²) in [6.07, 6.45) is 1.28. The summed E-state index contributed by atoms with van der Waals surface area (Å²) in [5.74, 6) is -0.640. The Labute approximate surface area is 127 Å². The van der Waals surface area contributed by atoms with Crippen molar-refractivity contribution in [2.75, 3.05) is 0 Å². The van der Waals surface area contributed by atoms with Crippen LogP contribution in [0.25, 0.3) is 0 Å². The molecule has 1 amide bonds. The average molecular weight is 302 g/mol. The number of hydrogen-bond donors (Lipinski definition) is 4. The Balaban J connectivity index is 2.03. The Morgan fingerprint density at radius 1 is 1.32 bits per heavy atom. The van der Waals surface area contributed by atoms with Crippen molar-refractivity contribution in [3.05, 3.63) is 41.2 Å². The molecule has 22 heavy (non-hydrogen) atoms. The van der Waals surface area contributed by atoms with E-state index in [0.717, 1.165) is 5.69 Å². The highest BCUT2D eigenvalue weighted by Gasteiger charge is 2.19. The smallest absolute Gasteiger partial charge is 0.291 e. The van der Waals surface area contributed by atoms with Gasteiger partial charge in [0, 0.05) is 22.7 Å². The first-order chi connectivity index (χ1) is 10.3. The fourth-order valence-corrected chi connectivity index (χ4v) is 1.68. The molecule has 1 aromatic heterocycles. The molecule has 0 aliphatic rings. The first-order valence-electron chi connectivity index (χ1n) is 6.68. The van der Waals surface area contributed by atoms with Gasteiger partial charge in [-0.2, -0.15) is 10.2 Å². The van der Waals surface area contributed by atoms with Crippen molar-refractivity contribution in [2.45, 2.75) is 26.2 Å². The Morgan fingerprint density at radius 2 is 2.05 bits per heavy atom. The Bertz CT molecular complexity index is 714. The molecule has 0 radical (unpaired) electrons. The average Bonchev–Trinajstić information content (AvgIpc) is 2.90. The van der Waals surface area contributed by atoms with Crippen LogP contribution >= 0.6 is 0 Å². The minimum atomic E-state index is -0.457. The lowest BCUT2D eigenvalue weighted by molar-refractivity contribution is 0.0950. The number of benzene rings is 1. The van der Waals surface area contributed by atoms with Gasteiger partial charge in [0.25, 0.3) is 5.91 Å². The van der Waals surface area contributed by atoms with Crippen molar-refractivity contribution in [2.24, 2.45) is 5.10 Å². The highest BCUT2D eigenvalue weighted by Crippen LogP contribution is 2.21. The van der Waals surface area contributed by atoms with Crippen molar-refractivity contribution in [1.82, 2.24) is 15.6 Å². The van der Waals surface area contributed by atoms with Gasteiger partial charge < -0.3 is 10.2 Å². The third-order valence-corrected chi connectivity index (χ3v) is 3.00. The minimum absolute atomic E-state index is 0.0510. The van der Waals surface area contributed by atoms with Gasteiger partial charge in [0.05, 0.1) is 6.21 Å². The summed E-state index contributed by atoms with van der Waals surface area (Å²) in [5.41, 5.74) is 3.65. The molecule has 0 unspecified atom stereocenters. The van der Waals surface area contributed by atoms with Crippen LogP contribution in [-0.4, -0.2) is 32.5 Å². The molecule has 0 spiro atoms. The molecular weight excluding hydrogens is 284 g/mol. The monoisotopic (exact) mass is 302 g/mol. The predicted molar refractivity (Wildman–Crippen MR) is 82.1 cm³/mol. The van der Waals surface area contributed by atoms with E-state index in [1.165, 1.54) is 24.4 Å². The standard InChI is InChI=1S/C15H18N4O3/c1-15(2,3)13-7-11(17-18-13)14(22)19-16-8-9-4-5-10(20)6-12(9)21/h4-8,20-21H,1-3H3,(H,17,18)(H,19,22). The van der Waals surface area contributed by atoms with E-state index in [2.05, 4.69) is 20.7 Å². The number of nitrogens with one attached hydrogen (secondary N) is 2. The van der Waals surface area contributed by atoms with E-state index in [0.29, 0.717) is 5.56 Å². The maximum atomic E-state index is 11.9. The van der Waals surface area contributed by atoms with Crippen LogP contribution < -0.4 is 5.43 Å². The van der Waals surface area contributed by atoms with Gasteiger partial charge in [0.1, 0.15) is 11.5 Å². The fraction of sp³-hybridized carbons (Fsp3) is 0.267. The number of amides is 1. The molecule has 4 N–H and O–H groups in total. The van der Waals surface area contributed by atoms with Gasteiger partial charge in [-0.25, -0.2) is 5.43 Å². The van der Waals surface area contributed by atoms with E-state index in [-0.39, 0.29) is 22.6 Å². The number of rotatable bonds is 3. The maximum Gasteiger partial charge on any atom is 0.291 e. The zero-order valence-corrected chi connectivity index (χ0v) is 12.6. The van der Waals surface area contributed by atoms with Crippen LogP contribution in [0.4, 0.5) is 0 Å². The quantitative estimate of drug-likeness (QED) is 0.512. The van der Waals surface area contributed by atoms with Crippen LogP contribution in [0, 0.1) is 0 Å². The fourth-order valence-electron chi connectivity index (χ4n) is 1.68. The Morgan fingerprint density at radius 3 is 2.64 bits per heavy atom. The van der Waals surface area contributed by atoms with Crippen LogP contribution in [0.15, 0.2) is 29.4 Å². The Hall–Kier alpha value is -2.83. The largest absolute Gasteiger partial charge is 0.508 e. The van der Waals surface area contributed by atoms with Crippen LogP contribution in [0.5, 0.6) is 11.5 Å². The first kappa shape index (κ1) is 15.6. The van der Waals surface area contributed by atoms with E-state index >= 15 is 0 Å². The highest BCUT2D eigenvalue weighted by molar-refractivity contribution is 5.93. The highest BCUT2D eigenvalue weighted by atomic mass is 16.3. The molecule has 2 rings (SSSR count).